The quantitative estimate of drug-likeness (QED) is 0.845. The van der Waals surface area contributed by atoms with Crippen LogP contribution in [0.25, 0.3) is 0 Å². The molecule has 0 fully saturated rings. The largest absolute Gasteiger partial charge is 0.301 e. The fourth-order valence-electron chi connectivity index (χ4n) is 2.52. The Hall–Kier alpha value is -2.61. The fourth-order valence-corrected chi connectivity index (χ4v) is 3.28. The molecule has 0 bridgehead atoms. The molecule has 1 aromatic carbocycles. The maximum atomic E-state index is 12.3. The van der Waals surface area contributed by atoms with Gasteiger partial charge >= 0.3 is 0 Å². The molecule has 0 atom stereocenters. The van der Waals surface area contributed by atoms with Crippen molar-refractivity contribution in [1.29, 1.82) is 0 Å². The van der Waals surface area contributed by atoms with E-state index in [2.05, 4.69) is 20.6 Å². The molecule has 7 nitrogen and oxygen atoms in total. The number of aromatic nitrogens is 2. The highest BCUT2D eigenvalue weighted by Crippen LogP contribution is 2.22. The van der Waals surface area contributed by atoms with Crippen molar-refractivity contribution in [3.8, 4) is 0 Å². The number of nitrogens with one attached hydrogen (secondary N) is 1. The Kier molecular flexibility index (Phi) is 5.72. The van der Waals surface area contributed by atoms with Gasteiger partial charge in [-0.05, 0) is 5.56 Å². The molecule has 1 aromatic heterocycles. The summed E-state index contributed by atoms with van der Waals surface area (Å²) < 4.78 is 0. The van der Waals surface area contributed by atoms with Crippen molar-refractivity contribution in [3.63, 3.8) is 0 Å². The zero-order chi connectivity index (χ0) is 18.5. The van der Waals surface area contributed by atoms with Crippen molar-refractivity contribution < 1.29 is 9.59 Å². The molecule has 8 heteroatoms. The van der Waals surface area contributed by atoms with Crippen LogP contribution in [-0.4, -0.2) is 39.3 Å². The van der Waals surface area contributed by atoms with E-state index in [-0.39, 0.29) is 30.6 Å². The van der Waals surface area contributed by atoms with Crippen LogP contribution in [0.3, 0.4) is 0 Å². The van der Waals surface area contributed by atoms with E-state index in [4.69, 9.17) is 0 Å². The Balaban J connectivity index is 1.49. The standard InChI is InChI=1S/C18H21N5O2S/c1-12(2)17-20-21-18(26-17)19-15(24)8-9-16(25)23-11-10-14(22-23)13-6-4-3-5-7-13/h3-7,12H,8-11H2,1-2H3,(H,19,21,24). The van der Waals surface area contributed by atoms with Crippen LogP contribution in [0.15, 0.2) is 35.4 Å². The second-order valence-corrected chi connectivity index (χ2v) is 7.34. The van der Waals surface area contributed by atoms with E-state index in [0.717, 1.165) is 22.7 Å². The number of hydrazone groups is 1. The topological polar surface area (TPSA) is 87.5 Å². The van der Waals surface area contributed by atoms with E-state index in [0.29, 0.717) is 11.7 Å². The van der Waals surface area contributed by atoms with Crippen LogP contribution in [0.2, 0.25) is 0 Å². The molecule has 0 aliphatic carbocycles. The molecule has 1 aliphatic rings. The summed E-state index contributed by atoms with van der Waals surface area (Å²) >= 11 is 1.36. The Bertz CT molecular complexity index is 816. The number of carbonyl (C=O) groups excluding carboxylic acids is 2. The lowest BCUT2D eigenvalue weighted by Crippen LogP contribution is -2.24. The molecule has 3 rings (SSSR count). The lowest BCUT2D eigenvalue weighted by molar-refractivity contribution is -0.132. The average molecular weight is 371 g/mol. The second kappa shape index (κ2) is 8.18. The molecule has 0 saturated carbocycles. The minimum absolute atomic E-state index is 0.0993. The van der Waals surface area contributed by atoms with Crippen molar-refractivity contribution >= 4 is 34.0 Å². The van der Waals surface area contributed by atoms with Crippen LogP contribution < -0.4 is 5.32 Å². The molecule has 0 unspecified atom stereocenters. The van der Waals surface area contributed by atoms with Crippen LogP contribution in [-0.2, 0) is 9.59 Å². The van der Waals surface area contributed by atoms with Gasteiger partial charge < -0.3 is 5.32 Å². The summed E-state index contributed by atoms with van der Waals surface area (Å²) in [6, 6.07) is 9.81. The molecule has 2 aromatic rings. The van der Waals surface area contributed by atoms with Gasteiger partial charge in [0.2, 0.25) is 16.9 Å². The summed E-state index contributed by atoms with van der Waals surface area (Å²) in [6.45, 7) is 4.59. The molecule has 1 aliphatic heterocycles. The minimum Gasteiger partial charge on any atom is -0.301 e. The van der Waals surface area contributed by atoms with Gasteiger partial charge in [0.25, 0.3) is 0 Å². The number of hydrogen-bond donors (Lipinski definition) is 1. The van der Waals surface area contributed by atoms with E-state index in [1.807, 2.05) is 44.2 Å². The third-order valence-electron chi connectivity index (χ3n) is 3.94. The maximum absolute atomic E-state index is 12.3. The number of hydrogen-bond acceptors (Lipinski definition) is 6. The highest BCUT2D eigenvalue weighted by molar-refractivity contribution is 7.15. The van der Waals surface area contributed by atoms with Crippen LogP contribution >= 0.6 is 11.3 Å². The smallest absolute Gasteiger partial charge is 0.243 e. The molecule has 0 radical (unpaired) electrons. The van der Waals surface area contributed by atoms with Gasteiger partial charge in [0.05, 0.1) is 12.3 Å². The van der Waals surface area contributed by atoms with Gasteiger partial charge in [0, 0.05) is 25.2 Å². The fraction of sp³-hybridized carbons (Fsp3) is 0.389. The maximum Gasteiger partial charge on any atom is 0.243 e. The van der Waals surface area contributed by atoms with Gasteiger partial charge in [-0.1, -0.05) is 55.5 Å². The highest BCUT2D eigenvalue weighted by atomic mass is 32.1. The second-order valence-electron chi connectivity index (χ2n) is 6.33. The molecule has 136 valence electrons. The summed E-state index contributed by atoms with van der Waals surface area (Å²) in [4.78, 5) is 24.3. The van der Waals surface area contributed by atoms with Crippen molar-refractivity contribution in [2.75, 3.05) is 11.9 Å². The highest BCUT2D eigenvalue weighted by Gasteiger charge is 2.22. The number of benzene rings is 1. The van der Waals surface area contributed by atoms with Crippen LogP contribution in [0, 0.1) is 0 Å². The van der Waals surface area contributed by atoms with Crippen molar-refractivity contribution in [3.05, 3.63) is 40.9 Å². The first-order chi connectivity index (χ1) is 12.5. The average Bonchev–Trinajstić information content (AvgIpc) is 3.30. The van der Waals surface area contributed by atoms with Gasteiger partial charge in [-0.2, -0.15) is 5.10 Å². The number of nitrogens with zero attached hydrogens (tertiary/aromatic N) is 4. The van der Waals surface area contributed by atoms with E-state index >= 15 is 0 Å². The summed E-state index contributed by atoms with van der Waals surface area (Å²) in [5.41, 5.74) is 1.93. The van der Waals surface area contributed by atoms with Gasteiger partial charge in [-0.25, -0.2) is 5.01 Å². The number of rotatable bonds is 6. The monoisotopic (exact) mass is 371 g/mol. The Morgan fingerprint density at radius 1 is 1.19 bits per heavy atom. The molecule has 0 spiro atoms. The number of carbonyl (C=O) groups is 2. The van der Waals surface area contributed by atoms with E-state index in [1.54, 1.807) is 0 Å². The van der Waals surface area contributed by atoms with E-state index < -0.39 is 0 Å². The first-order valence-electron chi connectivity index (χ1n) is 8.59. The predicted molar refractivity (Wildman–Crippen MR) is 101 cm³/mol. The summed E-state index contributed by atoms with van der Waals surface area (Å²) in [7, 11) is 0. The summed E-state index contributed by atoms with van der Waals surface area (Å²) in [5.74, 6) is -0.117. The molecule has 2 heterocycles. The van der Waals surface area contributed by atoms with Gasteiger partial charge in [-0.15, -0.1) is 10.2 Å². The van der Waals surface area contributed by atoms with Gasteiger partial charge in [0.1, 0.15) is 5.01 Å². The third-order valence-corrected chi connectivity index (χ3v) is 5.08. The molecule has 2 amide bonds. The van der Waals surface area contributed by atoms with Crippen molar-refractivity contribution in [2.24, 2.45) is 5.10 Å². The first-order valence-corrected chi connectivity index (χ1v) is 9.41. The van der Waals surface area contributed by atoms with Crippen molar-refractivity contribution in [1.82, 2.24) is 15.2 Å². The van der Waals surface area contributed by atoms with Crippen molar-refractivity contribution in [2.45, 2.75) is 39.0 Å². The predicted octanol–water partition coefficient (Wildman–Crippen LogP) is 3.02. The molecule has 0 saturated heterocycles. The summed E-state index contributed by atoms with van der Waals surface area (Å²) in [5, 5.41) is 17.9. The Morgan fingerprint density at radius 2 is 1.96 bits per heavy atom. The lowest BCUT2D eigenvalue weighted by Gasteiger charge is -2.10. The Morgan fingerprint density at radius 3 is 2.65 bits per heavy atom. The Labute approximate surface area is 156 Å². The molecular weight excluding hydrogens is 350 g/mol. The molecule has 1 N–H and O–H groups in total. The lowest BCUT2D eigenvalue weighted by atomic mass is 10.1. The number of amides is 2. The zero-order valence-corrected chi connectivity index (χ0v) is 15.6. The zero-order valence-electron chi connectivity index (χ0n) is 14.8. The molecular formula is C18H21N5O2S. The van der Waals surface area contributed by atoms with E-state index in [1.165, 1.54) is 16.3 Å². The van der Waals surface area contributed by atoms with Gasteiger partial charge in [-0.3, -0.25) is 9.59 Å². The number of anilines is 1. The van der Waals surface area contributed by atoms with Crippen LogP contribution in [0.1, 0.15) is 49.6 Å². The van der Waals surface area contributed by atoms with Crippen LogP contribution in [0.5, 0.6) is 0 Å². The SMILES string of the molecule is CC(C)c1nnc(NC(=O)CCC(=O)N2CCC(c3ccccc3)=N2)s1. The molecule has 26 heavy (non-hydrogen) atoms. The van der Waals surface area contributed by atoms with Crippen LogP contribution in [0.4, 0.5) is 5.13 Å². The van der Waals surface area contributed by atoms with E-state index in [9.17, 15) is 9.59 Å². The minimum atomic E-state index is -0.240. The summed E-state index contributed by atoms with van der Waals surface area (Å²) in [6.07, 6.45) is 0.945. The third kappa shape index (κ3) is 4.51. The normalized spacial score (nSPS) is 13.8. The van der Waals surface area contributed by atoms with Gasteiger partial charge in [0.15, 0.2) is 0 Å². The first kappa shape index (κ1) is 18.2.